The summed E-state index contributed by atoms with van der Waals surface area (Å²) in [6, 6.07) is 6.89. The molecule has 2 nitrogen and oxygen atoms in total. The third kappa shape index (κ3) is 4.49. The van der Waals surface area contributed by atoms with Gasteiger partial charge in [0, 0.05) is 6.61 Å². The summed E-state index contributed by atoms with van der Waals surface area (Å²) in [5.74, 6) is 0. The Morgan fingerprint density at radius 2 is 2.06 bits per heavy atom. The largest absolute Gasteiger partial charge is 0.379 e. The monoisotopic (exact) mass is 235 g/mol. The molecule has 2 heteroatoms. The molecule has 0 heterocycles. The van der Waals surface area contributed by atoms with Crippen molar-refractivity contribution in [3.05, 3.63) is 34.9 Å². The minimum atomic E-state index is 0.298. The molecule has 0 aromatic heterocycles. The molecule has 1 aromatic rings. The van der Waals surface area contributed by atoms with Crippen LogP contribution >= 0.6 is 0 Å². The van der Waals surface area contributed by atoms with E-state index in [1.165, 1.54) is 23.1 Å². The highest BCUT2D eigenvalue weighted by Crippen LogP contribution is 2.19. The van der Waals surface area contributed by atoms with Crippen molar-refractivity contribution in [1.29, 1.82) is 0 Å². The first-order valence-corrected chi connectivity index (χ1v) is 6.51. The van der Waals surface area contributed by atoms with Crippen LogP contribution in [-0.2, 0) is 4.74 Å². The molecule has 96 valence electrons. The number of ether oxygens (including phenoxy) is 1. The molecular weight excluding hydrogens is 210 g/mol. The van der Waals surface area contributed by atoms with Crippen LogP contribution in [0, 0.1) is 13.8 Å². The lowest BCUT2D eigenvalue weighted by molar-refractivity contribution is 0.111. The fraction of sp³-hybridized carbons (Fsp3) is 0.600. The minimum absolute atomic E-state index is 0.298. The van der Waals surface area contributed by atoms with Crippen molar-refractivity contribution in [2.75, 3.05) is 20.3 Å². The van der Waals surface area contributed by atoms with E-state index in [1.807, 2.05) is 7.05 Å². The summed E-state index contributed by atoms with van der Waals surface area (Å²) in [6.07, 6.45) is 2.33. The van der Waals surface area contributed by atoms with E-state index in [4.69, 9.17) is 4.74 Å². The van der Waals surface area contributed by atoms with Gasteiger partial charge in [-0.25, -0.2) is 0 Å². The topological polar surface area (TPSA) is 21.3 Å². The second kappa shape index (κ2) is 7.46. The van der Waals surface area contributed by atoms with E-state index in [2.05, 4.69) is 44.3 Å². The van der Waals surface area contributed by atoms with E-state index in [1.54, 1.807) is 0 Å². The molecule has 0 aliphatic carbocycles. The van der Waals surface area contributed by atoms with Crippen molar-refractivity contribution in [2.24, 2.45) is 0 Å². The number of nitrogens with one attached hydrogen (secondary N) is 1. The maximum Gasteiger partial charge on any atom is 0.0661 e. The fourth-order valence-electron chi connectivity index (χ4n) is 1.91. The predicted molar refractivity (Wildman–Crippen MR) is 73.4 cm³/mol. The maximum absolute atomic E-state index is 5.71. The van der Waals surface area contributed by atoms with E-state index in [0.717, 1.165) is 19.6 Å². The van der Waals surface area contributed by atoms with E-state index < -0.39 is 0 Å². The molecule has 0 aliphatic rings. The highest BCUT2D eigenvalue weighted by Gasteiger charge is 2.11. The van der Waals surface area contributed by atoms with Crippen LogP contribution in [0.5, 0.6) is 0 Å². The lowest BCUT2D eigenvalue weighted by Gasteiger charge is -2.19. The summed E-state index contributed by atoms with van der Waals surface area (Å²) in [5.41, 5.74) is 3.98. The molecular formula is C15H25NO. The molecule has 0 spiro atoms. The molecule has 1 rings (SSSR count). The third-order valence-corrected chi connectivity index (χ3v) is 3.09. The Morgan fingerprint density at radius 1 is 1.29 bits per heavy atom. The summed E-state index contributed by atoms with van der Waals surface area (Å²) < 4.78 is 5.71. The molecule has 0 saturated heterocycles. The van der Waals surface area contributed by atoms with Gasteiger partial charge in [-0.1, -0.05) is 37.1 Å². The van der Waals surface area contributed by atoms with Crippen molar-refractivity contribution in [2.45, 2.75) is 39.7 Å². The van der Waals surface area contributed by atoms with E-state index in [9.17, 15) is 0 Å². The number of benzene rings is 1. The van der Waals surface area contributed by atoms with Crippen LogP contribution < -0.4 is 5.32 Å². The van der Waals surface area contributed by atoms with Gasteiger partial charge >= 0.3 is 0 Å². The van der Waals surface area contributed by atoms with Gasteiger partial charge in [-0.3, -0.25) is 0 Å². The van der Waals surface area contributed by atoms with Crippen LogP contribution in [0.3, 0.4) is 0 Å². The first-order chi connectivity index (χ1) is 8.19. The van der Waals surface area contributed by atoms with Gasteiger partial charge in [0.2, 0.25) is 0 Å². The quantitative estimate of drug-likeness (QED) is 0.732. The molecule has 17 heavy (non-hydrogen) atoms. The third-order valence-electron chi connectivity index (χ3n) is 3.09. The summed E-state index contributed by atoms with van der Waals surface area (Å²) in [7, 11) is 2.00. The minimum Gasteiger partial charge on any atom is -0.379 e. The van der Waals surface area contributed by atoms with Crippen LogP contribution in [0.2, 0.25) is 0 Å². The normalized spacial score (nSPS) is 12.7. The Labute approximate surface area is 105 Å². The lowest BCUT2D eigenvalue weighted by Crippen LogP contribution is -2.23. The standard InChI is InChI=1S/C15H25NO/c1-5-6-9-17-11-15(16-4)14-10-12(2)7-8-13(14)3/h7-8,10,15-16H,5-6,9,11H2,1-4H3. The molecule has 0 amide bonds. The van der Waals surface area contributed by atoms with Crippen molar-refractivity contribution in [3.63, 3.8) is 0 Å². The van der Waals surface area contributed by atoms with E-state index in [-0.39, 0.29) is 0 Å². The fourth-order valence-corrected chi connectivity index (χ4v) is 1.91. The number of hydrogen-bond acceptors (Lipinski definition) is 2. The summed E-state index contributed by atoms with van der Waals surface area (Å²) >= 11 is 0. The Bertz CT molecular complexity index is 336. The van der Waals surface area contributed by atoms with Crippen molar-refractivity contribution in [1.82, 2.24) is 5.32 Å². The van der Waals surface area contributed by atoms with Gasteiger partial charge in [-0.2, -0.15) is 0 Å². The number of aryl methyl sites for hydroxylation is 2. The van der Waals surface area contributed by atoms with Crippen molar-refractivity contribution in [3.8, 4) is 0 Å². The van der Waals surface area contributed by atoms with Crippen LogP contribution in [0.1, 0.15) is 42.5 Å². The van der Waals surface area contributed by atoms with Gasteiger partial charge in [0.25, 0.3) is 0 Å². The molecule has 0 aliphatic heterocycles. The first-order valence-electron chi connectivity index (χ1n) is 6.51. The van der Waals surface area contributed by atoms with E-state index in [0.29, 0.717) is 6.04 Å². The SMILES string of the molecule is CCCCOCC(NC)c1cc(C)ccc1C. The van der Waals surface area contributed by atoms with Gasteiger partial charge in [0.15, 0.2) is 0 Å². The number of unbranched alkanes of at least 4 members (excludes halogenated alkanes) is 1. The average Bonchev–Trinajstić information content (AvgIpc) is 2.33. The molecule has 1 N–H and O–H groups in total. The van der Waals surface area contributed by atoms with Crippen LogP contribution in [0.4, 0.5) is 0 Å². The van der Waals surface area contributed by atoms with Crippen molar-refractivity contribution >= 4 is 0 Å². The number of likely N-dealkylation sites (N-methyl/N-ethyl adjacent to an activating group) is 1. The molecule has 0 radical (unpaired) electrons. The first kappa shape index (κ1) is 14.2. The highest BCUT2D eigenvalue weighted by atomic mass is 16.5. The number of rotatable bonds is 7. The van der Waals surface area contributed by atoms with Crippen LogP contribution in [0.15, 0.2) is 18.2 Å². The average molecular weight is 235 g/mol. The van der Waals surface area contributed by atoms with Crippen LogP contribution in [-0.4, -0.2) is 20.3 Å². The predicted octanol–water partition coefficient (Wildman–Crippen LogP) is 3.38. The Balaban J connectivity index is 2.62. The van der Waals surface area contributed by atoms with Gasteiger partial charge in [0.1, 0.15) is 0 Å². The molecule has 0 bridgehead atoms. The maximum atomic E-state index is 5.71. The highest BCUT2D eigenvalue weighted by molar-refractivity contribution is 5.33. The van der Waals surface area contributed by atoms with Gasteiger partial charge < -0.3 is 10.1 Å². The zero-order chi connectivity index (χ0) is 12.7. The molecule has 1 atom stereocenters. The van der Waals surface area contributed by atoms with Gasteiger partial charge in [0.05, 0.1) is 12.6 Å². The smallest absolute Gasteiger partial charge is 0.0661 e. The zero-order valence-electron chi connectivity index (χ0n) is 11.5. The van der Waals surface area contributed by atoms with Crippen molar-refractivity contribution < 1.29 is 4.74 Å². The molecule has 1 aromatic carbocycles. The Kier molecular flexibility index (Phi) is 6.23. The van der Waals surface area contributed by atoms with Gasteiger partial charge in [-0.15, -0.1) is 0 Å². The van der Waals surface area contributed by atoms with Crippen LogP contribution in [0.25, 0.3) is 0 Å². The lowest BCUT2D eigenvalue weighted by atomic mass is 9.99. The summed E-state index contributed by atoms with van der Waals surface area (Å²) in [5, 5.41) is 3.34. The summed E-state index contributed by atoms with van der Waals surface area (Å²) in [4.78, 5) is 0. The zero-order valence-corrected chi connectivity index (χ0v) is 11.5. The Morgan fingerprint density at radius 3 is 2.71 bits per heavy atom. The van der Waals surface area contributed by atoms with Gasteiger partial charge in [-0.05, 0) is 38.4 Å². The van der Waals surface area contributed by atoms with E-state index >= 15 is 0 Å². The molecule has 0 fully saturated rings. The number of hydrogen-bond donors (Lipinski definition) is 1. The second-order valence-corrected chi connectivity index (χ2v) is 4.63. The molecule has 1 unspecified atom stereocenters. The summed E-state index contributed by atoms with van der Waals surface area (Å²) in [6.45, 7) is 8.09. The second-order valence-electron chi connectivity index (χ2n) is 4.63. The molecule has 0 saturated carbocycles. The Hall–Kier alpha value is -0.860.